The van der Waals surface area contributed by atoms with Crippen LogP contribution in [-0.4, -0.2) is 26.4 Å². The zero-order valence-electron chi connectivity index (χ0n) is 15.6. The van der Waals surface area contributed by atoms with Crippen molar-refractivity contribution in [3.8, 4) is 16.3 Å². The molecule has 0 aliphatic carbocycles. The number of carbonyl (C=O) groups is 2. The van der Waals surface area contributed by atoms with Gasteiger partial charge in [0.05, 0.1) is 5.97 Å². The number of ketones is 1. The van der Waals surface area contributed by atoms with E-state index in [1.165, 1.54) is 22.1 Å². The van der Waals surface area contributed by atoms with Crippen LogP contribution in [0.15, 0.2) is 36.7 Å². The third-order valence-corrected chi connectivity index (χ3v) is 5.34. The van der Waals surface area contributed by atoms with Crippen LogP contribution in [0.25, 0.3) is 10.6 Å². The maximum Gasteiger partial charge on any atom is 1.00 e. The summed E-state index contributed by atoms with van der Waals surface area (Å²) >= 11 is 1.45. The largest absolute Gasteiger partial charge is 1.00 e. The van der Waals surface area contributed by atoms with Crippen LogP contribution in [0.1, 0.15) is 38.9 Å². The van der Waals surface area contributed by atoms with Crippen LogP contribution in [-0.2, 0) is 13.0 Å². The Bertz CT molecular complexity index is 995. The second-order valence-corrected chi connectivity index (χ2v) is 7.09. The summed E-state index contributed by atoms with van der Waals surface area (Å²) in [7, 11) is 0. The van der Waals surface area contributed by atoms with E-state index >= 15 is 0 Å². The van der Waals surface area contributed by atoms with Crippen molar-refractivity contribution >= 4 is 28.9 Å². The molecule has 0 saturated heterocycles. The van der Waals surface area contributed by atoms with Crippen molar-refractivity contribution < 1.29 is 71.2 Å². The number of nitrogens with two attached hydrogens (primary N) is 1. The zero-order chi connectivity index (χ0) is 19.6. The number of nitrogens with zero attached hydrogens (tertiary/aromatic N) is 2. The number of rotatable bonds is 7. The summed E-state index contributed by atoms with van der Waals surface area (Å²) in [5.41, 5.74) is 6.52. The molecule has 0 aliphatic rings. The minimum atomic E-state index is -1.45. The Morgan fingerprint density at radius 2 is 1.96 bits per heavy atom. The summed E-state index contributed by atoms with van der Waals surface area (Å²) in [6.07, 6.45) is 3.76. The maximum atomic E-state index is 12.5. The first-order chi connectivity index (χ1) is 12.9. The summed E-state index contributed by atoms with van der Waals surface area (Å²) in [5.74, 6) is -1.53. The van der Waals surface area contributed by atoms with E-state index in [9.17, 15) is 19.8 Å². The fraction of sp³-hybridized carbons (Fsp3) is 0.211. The van der Waals surface area contributed by atoms with Crippen molar-refractivity contribution in [1.29, 1.82) is 0 Å². The Balaban J connectivity index is 0.00000280. The minimum absolute atomic E-state index is 0. The number of aromatic hydroxyl groups is 1. The van der Waals surface area contributed by atoms with Crippen LogP contribution >= 0.6 is 11.3 Å². The maximum absolute atomic E-state index is 12.5. The van der Waals surface area contributed by atoms with Gasteiger partial charge in [-0.15, -0.1) is 11.3 Å². The van der Waals surface area contributed by atoms with Gasteiger partial charge in [0.25, 0.3) is 0 Å². The number of thiazole rings is 1. The van der Waals surface area contributed by atoms with Crippen LogP contribution in [0.2, 0.25) is 0 Å². The van der Waals surface area contributed by atoms with E-state index in [1.807, 2.05) is 6.92 Å². The number of phenols is 1. The number of hydrogen-bond donors (Lipinski definition) is 2. The van der Waals surface area contributed by atoms with Gasteiger partial charge in [-0.05, 0) is 37.6 Å². The van der Waals surface area contributed by atoms with Crippen LogP contribution in [0.3, 0.4) is 0 Å². The third kappa shape index (κ3) is 4.91. The molecule has 0 amide bonds. The molecule has 0 spiro atoms. The fourth-order valence-electron chi connectivity index (χ4n) is 2.79. The molecule has 0 aliphatic heterocycles. The normalized spacial score (nSPS) is 10.5. The van der Waals surface area contributed by atoms with Crippen molar-refractivity contribution in [3.63, 3.8) is 0 Å². The first-order valence-electron chi connectivity index (χ1n) is 8.38. The SMILES string of the molecule is CCn1cc(C(=O)CCc2cnc(-c3ccc(O)cc3)s2)c(C(=O)[O-])c1N.[K+]. The van der Waals surface area contributed by atoms with Crippen molar-refractivity contribution in [3.05, 3.63) is 52.7 Å². The van der Waals surface area contributed by atoms with Crippen LogP contribution < -0.4 is 62.2 Å². The van der Waals surface area contributed by atoms with Gasteiger partial charge in [-0.2, -0.15) is 0 Å². The molecule has 3 aromatic rings. The number of Topliss-reactive ketones (excluding diaryl/α,β-unsaturated/α-hetero) is 1. The number of carbonyl (C=O) groups excluding carboxylic acids is 2. The number of phenolic OH excluding ortho intramolecular Hbond substituents is 1. The molecule has 3 N–H and O–H groups in total. The molecular weight excluding hydrogens is 405 g/mol. The van der Waals surface area contributed by atoms with E-state index in [0.29, 0.717) is 13.0 Å². The van der Waals surface area contributed by atoms with Gasteiger partial charge >= 0.3 is 51.4 Å². The molecule has 9 heteroatoms. The number of nitrogen functional groups attached to an aromatic ring is 1. The Morgan fingerprint density at radius 3 is 2.57 bits per heavy atom. The third-order valence-electron chi connectivity index (χ3n) is 4.23. The van der Waals surface area contributed by atoms with Crippen molar-refractivity contribution in [2.75, 3.05) is 5.73 Å². The Labute approximate surface area is 208 Å². The van der Waals surface area contributed by atoms with Crippen molar-refractivity contribution in [1.82, 2.24) is 9.55 Å². The van der Waals surface area contributed by atoms with E-state index in [0.717, 1.165) is 15.4 Å². The summed E-state index contributed by atoms with van der Waals surface area (Å²) in [6.45, 7) is 2.27. The molecule has 2 aromatic heterocycles. The smallest absolute Gasteiger partial charge is 0.545 e. The Kier molecular flexibility index (Phi) is 7.99. The van der Waals surface area contributed by atoms with E-state index in [2.05, 4.69) is 4.98 Å². The number of aromatic nitrogens is 2. The summed E-state index contributed by atoms with van der Waals surface area (Å²) in [4.78, 5) is 29.1. The first-order valence-corrected chi connectivity index (χ1v) is 9.19. The summed E-state index contributed by atoms with van der Waals surface area (Å²) < 4.78 is 1.52. The molecule has 140 valence electrons. The van der Waals surface area contributed by atoms with Gasteiger partial charge < -0.3 is 25.3 Å². The summed E-state index contributed by atoms with van der Waals surface area (Å²) in [5, 5.41) is 21.5. The number of hydrogen-bond acceptors (Lipinski definition) is 7. The van der Waals surface area contributed by atoms with Gasteiger partial charge in [-0.25, -0.2) is 4.98 Å². The second-order valence-electron chi connectivity index (χ2n) is 5.98. The molecule has 0 radical (unpaired) electrons. The van der Waals surface area contributed by atoms with E-state index in [1.54, 1.807) is 30.5 Å². The number of benzene rings is 1. The quantitative estimate of drug-likeness (QED) is 0.375. The first kappa shape index (κ1) is 22.8. The molecule has 28 heavy (non-hydrogen) atoms. The van der Waals surface area contributed by atoms with E-state index in [-0.39, 0.29) is 86.3 Å². The van der Waals surface area contributed by atoms with Crippen molar-refractivity contribution in [2.45, 2.75) is 26.3 Å². The molecule has 0 atom stereocenters. The standard InChI is InChI=1S/C19H19N3O4S.K/c1-2-22-10-14(16(17(22)20)19(25)26)15(24)8-7-13-9-21-18(27-13)11-3-5-12(23)6-4-11;/h3-6,9-10,23H,2,7-8,20H2,1H3,(H,25,26);/q;+1/p-1. The topological polar surface area (TPSA) is 121 Å². The molecule has 0 bridgehead atoms. The Morgan fingerprint density at radius 1 is 1.29 bits per heavy atom. The van der Waals surface area contributed by atoms with E-state index in [4.69, 9.17) is 5.73 Å². The number of aryl methyl sites for hydroxylation is 2. The molecule has 3 rings (SSSR count). The van der Waals surface area contributed by atoms with Gasteiger partial charge in [0, 0.05) is 46.9 Å². The number of anilines is 1. The van der Waals surface area contributed by atoms with Gasteiger partial charge in [0.1, 0.15) is 16.6 Å². The number of aromatic carboxylic acids is 1. The second kappa shape index (κ2) is 9.81. The van der Waals surface area contributed by atoms with Gasteiger partial charge in [0.2, 0.25) is 0 Å². The average molecular weight is 424 g/mol. The molecular formula is C19H18KN3O4S. The van der Waals surface area contributed by atoms with E-state index < -0.39 is 5.97 Å². The monoisotopic (exact) mass is 423 g/mol. The Hall–Kier alpha value is -1.49. The van der Waals surface area contributed by atoms with Gasteiger partial charge in [-0.1, -0.05) is 0 Å². The number of carboxylic acids is 1. The fourth-order valence-corrected chi connectivity index (χ4v) is 3.71. The average Bonchev–Trinajstić information content (AvgIpc) is 3.24. The van der Waals surface area contributed by atoms with Crippen molar-refractivity contribution in [2.24, 2.45) is 0 Å². The van der Waals surface area contributed by atoms with Gasteiger partial charge in [-0.3, -0.25) is 4.79 Å². The molecule has 2 heterocycles. The molecule has 0 unspecified atom stereocenters. The minimum Gasteiger partial charge on any atom is -0.545 e. The zero-order valence-corrected chi connectivity index (χ0v) is 19.6. The summed E-state index contributed by atoms with van der Waals surface area (Å²) in [6, 6.07) is 6.71. The molecule has 0 fully saturated rings. The molecule has 7 nitrogen and oxygen atoms in total. The van der Waals surface area contributed by atoms with Crippen LogP contribution in [0, 0.1) is 0 Å². The van der Waals surface area contributed by atoms with Crippen LogP contribution in [0.4, 0.5) is 5.82 Å². The predicted octanol–water partition coefficient (Wildman–Crippen LogP) is -0.898. The molecule has 0 saturated carbocycles. The predicted molar refractivity (Wildman–Crippen MR) is 101 cm³/mol. The molecule has 1 aromatic carbocycles. The number of carboxylic acid groups (broad SMARTS) is 1. The van der Waals surface area contributed by atoms with Gasteiger partial charge in [0.15, 0.2) is 5.78 Å². The van der Waals surface area contributed by atoms with Crippen LogP contribution in [0.5, 0.6) is 5.75 Å².